The highest BCUT2D eigenvalue weighted by atomic mass is 16.5. The molecule has 2 aromatic rings. The Kier molecular flexibility index (Phi) is 7.19. The summed E-state index contributed by atoms with van der Waals surface area (Å²) in [4.78, 5) is 31.3. The van der Waals surface area contributed by atoms with E-state index in [-0.39, 0.29) is 35.9 Å². The number of para-hydroxylation sites is 1. The summed E-state index contributed by atoms with van der Waals surface area (Å²) in [6.07, 6.45) is 4.66. The van der Waals surface area contributed by atoms with Crippen molar-refractivity contribution in [3.05, 3.63) is 59.7 Å². The zero-order chi connectivity index (χ0) is 25.2. The number of amides is 2. The van der Waals surface area contributed by atoms with Crippen LogP contribution in [0.2, 0.25) is 0 Å². The topological polar surface area (TPSA) is 73.9 Å². The van der Waals surface area contributed by atoms with Gasteiger partial charge in [0.2, 0.25) is 5.91 Å². The van der Waals surface area contributed by atoms with E-state index in [1.165, 1.54) is 5.56 Å². The maximum absolute atomic E-state index is 14.1. The van der Waals surface area contributed by atoms with Crippen LogP contribution in [0.3, 0.4) is 0 Å². The van der Waals surface area contributed by atoms with E-state index in [1.54, 1.807) is 7.11 Å². The Hall–Kier alpha value is -3.06. The number of nitrogens with one attached hydrogen (secondary N) is 2. The molecule has 1 saturated carbocycles. The molecule has 0 aromatic heterocycles. The molecule has 2 aromatic carbocycles. The Balaban J connectivity index is 1.35. The molecule has 1 aliphatic carbocycles. The van der Waals surface area contributed by atoms with Gasteiger partial charge in [-0.3, -0.25) is 9.59 Å². The number of hydrogen-bond donors (Lipinski definition) is 2. The highest BCUT2D eigenvalue weighted by Crippen LogP contribution is 2.47. The summed E-state index contributed by atoms with van der Waals surface area (Å²) in [5, 5.41) is 6.88. The lowest BCUT2D eigenvalue weighted by molar-refractivity contribution is -0.139. The van der Waals surface area contributed by atoms with Crippen LogP contribution in [-0.4, -0.2) is 63.2 Å². The first kappa shape index (κ1) is 24.6. The highest BCUT2D eigenvalue weighted by molar-refractivity contribution is 5.95. The van der Waals surface area contributed by atoms with Gasteiger partial charge < -0.3 is 25.2 Å². The van der Waals surface area contributed by atoms with Gasteiger partial charge in [-0.2, -0.15) is 0 Å². The summed E-state index contributed by atoms with van der Waals surface area (Å²) >= 11 is 0. The number of methoxy groups -OCH3 is 1. The van der Waals surface area contributed by atoms with Gasteiger partial charge in [-0.15, -0.1) is 0 Å². The van der Waals surface area contributed by atoms with Gasteiger partial charge in [0.1, 0.15) is 0 Å². The van der Waals surface area contributed by atoms with E-state index in [4.69, 9.17) is 4.74 Å². The van der Waals surface area contributed by atoms with Gasteiger partial charge in [-0.1, -0.05) is 31.0 Å². The van der Waals surface area contributed by atoms with Crippen LogP contribution in [0.4, 0.5) is 11.4 Å². The third-order valence-electron chi connectivity index (χ3n) is 8.26. The predicted octanol–water partition coefficient (Wildman–Crippen LogP) is 4.07. The number of anilines is 2. The molecule has 7 nitrogen and oxygen atoms in total. The number of hydrogen-bond acceptors (Lipinski definition) is 5. The largest absolute Gasteiger partial charge is 0.383 e. The molecule has 2 fully saturated rings. The Morgan fingerprint density at radius 1 is 1.06 bits per heavy atom. The quantitative estimate of drug-likeness (QED) is 0.639. The first-order chi connectivity index (χ1) is 17.5. The van der Waals surface area contributed by atoms with Crippen LogP contribution in [0.15, 0.2) is 48.5 Å². The Bertz CT molecular complexity index is 1090. The Morgan fingerprint density at radius 3 is 2.56 bits per heavy atom. The number of ether oxygens (including phenoxy) is 1. The van der Waals surface area contributed by atoms with Gasteiger partial charge in [-0.25, -0.2) is 0 Å². The lowest BCUT2D eigenvalue weighted by atomic mass is 9.81. The van der Waals surface area contributed by atoms with Crippen molar-refractivity contribution in [2.75, 3.05) is 44.6 Å². The number of fused-ring (bicyclic) bond motifs is 3. The van der Waals surface area contributed by atoms with E-state index >= 15 is 0 Å². The summed E-state index contributed by atoms with van der Waals surface area (Å²) in [6.45, 7) is 1.36. The molecular formula is C29H38N4O3. The second kappa shape index (κ2) is 10.5. The van der Waals surface area contributed by atoms with Gasteiger partial charge in [-0.05, 0) is 55.2 Å². The van der Waals surface area contributed by atoms with E-state index in [2.05, 4.69) is 33.7 Å². The van der Waals surface area contributed by atoms with Gasteiger partial charge in [0.05, 0.1) is 24.6 Å². The van der Waals surface area contributed by atoms with Crippen molar-refractivity contribution in [3.8, 4) is 0 Å². The monoisotopic (exact) mass is 490 g/mol. The number of benzene rings is 2. The summed E-state index contributed by atoms with van der Waals surface area (Å²) in [5.74, 6) is 0.209. The van der Waals surface area contributed by atoms with Crippen molar-refractivity contribution in [3.63, 3.8) is 0 Å². The first-order valence-electron chi connectivity index (χ1n) is 13.2. The summed E-state index contributed by atoms with van der Waals surface area (Å²) < 4.78 is 5.52. The standard InChI is InChI=1S/C29H38N4O3/c1-32(2)20-14-12-19(13-15-20)28(34)31-25-11-7-5-9-23(25)29(35)33-17-16-22-26(18-36-3)30-24-10-6-4-8-21(24)27(22)33/h4,6,8,10,12-15,22-23,25-27,30H,5,7,9,11,16-18H2,1-3H3,(H,31,34)/t22-,23+,25-,26+,27+/m1/s1. The molecule has 0 unspecified atom stereocenters. The van der Waals surface area contributed by atoms with Crippen molar-refractivity contribution in [2.45, 2.75) is 50.2 Å². The minimum Gasteiger partial charge on any atom is -0.383 e. The summed E-state index contributed by atoms with van der Waals surface area (Å²) in [6, 6.07) is 16.0. The molecule has 36 heavy (non-hydrogen) atoms. The van der Waals surface area contributed by atoms with Gasteiger partial charge in [0.15, 0.2) is 0 Å². The molecule has 192 valence electrons. The fraction of sp³-hybridized carbons (Fsp3) is 0.517. The van der Waals surface area contributed by atoms with Crippen LogP contribution in [0.5, 0.6) is 0 Å². The van der Waals surface area contributed by atoms with Crippen LogP contribution in [-0.2, 0) is 9.53 Å². The number of carbonyl (C=O) groups is 2. The molecule has 2 amide bonds. The van der Waals surface area contributed by atoms with E-state index in [1.807, 2.05) is 49.3 Å². The normalized spacial score (nSPS) is 27.0. The maximum atomic E-state index is 14.1. The predicted molar refractivity (Wildman–Crippen MR) is 142 cm³/mol. The molecule has 5 atom stereocenters. The van der Waals surface area contributed by atoms with Crippen molar-refractivity contribution in [2.24, 2.45) is 11.8 Å². The molecule has 3 aliphatic rings. The van der Waals surface area contributed by atoms with Crippen LogP contribution in [0.1, 0.15) is 54.1 Å². The third kappa shape index (κ3) is 4.69. The van der Waals surface area contributed by atoms with Gasteiger partial charge in [0, 0.05) is 56.6 Å². The number of rotatable bonds is 6. The fourth-order valence-corrected chi connectivity index (χ4v) is 6.40. The highest BCUT2D eigenvalue weighted by Gasteiger charge is 2.48. The SMILES string of the molecule is COC[C@@H]1Nc2ccccc2[C@H]2[C@@H]1CCN2C(=O)[C@H]1CCCC[C@H]1NC(=O)c1ccc(N(C)C)cc1. The van der Waals surface area contributed by atoms with E-state index in [9.17, 15) is 9.59 Å². The van der Waals surface area contributed by atoms with Crippen molar-refractivity contribution in [1.29, 1.82) is 0 Å². The van der Waals surface area contributed by atoms with E-state index < -0.39 is 0 Å². The smallest absolute Gasteiger partial charge is 0.251 e. The zero-order valence-corrected chi connectivity index (χ0v) is 21.6. The maximum Gasteiger partial charge on any atom is 0.251 e. The average molecular weight is 491 g/mol. The number of nitrogens with zero attached hydrogens (tertiary/aromatic N) is 2. The molecule has 7 heteroatoms. The fourth-order valence-electron chi connectivity index (χ4n) is 6.40. The molecular weight excluding hydrogens is 452 g/mol. The minimum absolute atomic E-state index is 0.0481. The number of likely N-dealkylation sites (tertiary alicyclic amines) is 1. The van der Waals surface area contributed by atoms with Gasteiger partial charge >= 0.3 is 0 Å². The molecule has 0 bridgehead atoms. The Labute approximate surface area is 214 Å². The minimum atomic E-state index is -0.189. The van der Waals surface area contributed by atoms with Crippen LogP contribution >= 0.6 is 0 Å². The molecule has 0 spiro atoms. The molecule has 5 rings (SSSR count). The molecule has 0 radical (unpaired) electrons. The van der Waals surface area contributed by atoms with Crippen LogP contribution in [0.25, 0.3) is 0 Å². The van der Waals surface area contributed by atoms with Crippen molar-refractivity contribution < 1.29 is 14.3 Å². The van der Waals surface area contributed by atoms with Crippen molar-refractivity contribution in [1.82, 2.24) is 10.2 Å². The van der Waals surface area contributed by atoms with Gasteiger partial charge in [0.25, 0.3) is 5.91 Å². The Morgan fingerprint density at radius 2 is 1.81 bits per heavy atom. The van der Waals surface area contributed by atoms with Crippen LogP contribution in [0, 0.1) is 11.8 Å². The summed E-state index contributed by atoms with van der Waals surface area (Å²) in [7, 11) is 5.70. The molecule has 1 saturated heterocycles. The number of carbonyl (C=O) groups excluding carboxylic acids is 2. The molecule has 2 N–H and O–H groups in total. The van der Waals surface area contributed by atoms with E-state index in [0.717, 1.165) is 50.0 Å². The lowest BCUT2D eigenvalue weighted by Gasteiger charge is -2.41. The lowest BCUT2D eigenvalue weighted by Crippen LogP contribution is -2.50. The summed E-state index contributed by atoms with van der Waals surface area (Å²) in [5.41, 5.74) is 3.97. The average Bonchev–Trinajstić information content (AvgIpc) is 3.35. The first-order valence-corrected chi connectivity index (χ1v) is 13.2. The van der Waals surface area contributed by atoms with Crippen LogP contribution < -0.4 is 15.5 Å². The second-order valence-corrected chi connectivity index (χ2v) is 10.6. The third-order valence-corrected chi connectivity index (χ3v) is 8.26. The zero-order valence-electron chi connectivity index (χ0n) is 21.6. The second-order valence-electron chi connectivity index (χ2n) is 10.6. The molecule has 2 heterocycles. The van der Waals surface area contributed by atoms with Crippen molar-refractivity contribution >= 4 is 23.2 Å². The van der Waals surface area contributed by atoms with E-state index in [0.29, 0.717) is 18.1 Å². The molecule has 2 aliphatic heterocycles.